The molecule has 4 nitrogen and oxygen atoms in total. The molecule has 2 atom stereocenters. The van der Waals surface area contributed by atoms with Gasteiger partial charge in [-0.25, -0.2) is 0 Å². The molecule has 0 spiro atoms. The van der Waals surface area contributed by atoms with Crippen molar-refractivity contribution in [2.75, 3.05) is 20.2 Å². The third kappa shape index (κ3) is 3.91. The van der Waals surface area contributed by atoms with E-state index in [0.29, 0.717) is 6.04 Å². The highest BCUT2D eigenvalue weighted by Crippen LogP contribution is 2.18. The predicted molar refractivity (Wildman–Crippen MR) is 77.2 cm³/mol. The summed E-state index contributed by atoms with van der Waals surface area (Å²) in [5.41, 5.74) is 6.88. The summed E-state index contributed by atoms with van der Waals surface area (Å²) < 4.78 is 5.84. The minimum absolute atomic E-state index is 0.0264. The molecule has 19 heavy (non-hydrogen) atoms. The van der Waals surface area contributed by atoms with E-state index in [1.165, 1.54) is 25.8 Å². The van der Waals surface area contributed by atoms with Gasteiger partial charge in [-0.15, -0.1) is 0 Å². The van der Waals surface area contributed by atoms with Gasteiger partial charge in [0.2, 0.25) is 0 Å². The molecule has 1 aliphatic rings. The highest BCUT2D eigenvalue weighted by atomic mass is 16.5. The van der Waals surface area contributed by atoms with E-state index in [9.17, 15) is 0 Å². The van der Waals surface area contributed by atoms with Gasteiger partial charge in [0.15, 0.2) is 0 Å². The van der Waals surface area contributed by atoms with Crippen molar-refractivity contribution in [1.29, 1.82) is 0 Å². The van der Waals surface area contributed by atoms with Gasteiger partial charge < -0.3 is 15.4 Å². The van der Waals surface area contributed by atoms with Crippen LogP contribution in [0.25, 0.3) is 0 Å². The second-order valence-electron chi connectivity index (χ2n) is 5.37. The summed E-state index contributed by atoms with van der Waals surface area (Å²) in [7, 11) is 2.18. The Labute approximate surface area is 116 Å². The number of likely N-dealkylation sites (N-methyl/N-ethyl adjacent to an activating group) is 1. The fourth-order valence-electron chi connectivity index (χ4n) is 2.45. The molecule has 0 bridgehead atoms. The number of nitrogens with zero attached hydrogens (tertiary/aromatic N) is 2. The SMILES string of the molecule is CCC(N)c1ccc(OCC2CCCCN2C)cn1. The molecule has 0 amide bonds. The molecule has 2 N–H and O–H groups in total. The fourth-order valence-corrected chi connectivity index (χ4v) is 2.45. The van der Waals surface area contributed by atoms with Crippen molar-refractivity contribution in [2.45, 2.75) is 44.7 Å². The third-order valence-electron chi connectivity index (χ3n) is 3.94. The van der Waals surface area contributed by atoms with Crippen LogP contribution in [0.1, 0.15) is 44.3 Å². The number of hydrogen-bond donors (Lipinski definition) is 1. The zero-order chi connectivity index (χ0) is 13.7. The van der Waals surface area contributed by atoms with E-state index in [2.05, 4.69) is 23.9 Å². The lowest BCUT2D eigenvalue weighted by Gasteiger charge is -2.32. The normalized spacial score (nSPS) is 22.2. The second kappa shape index (κ2) is 6.87. The number of likely N-dealkylation sites (tertiary alicyclic amines) is 1. The quantitative estimate of drug-likeness (QED) is 0.886. The van der Waals surface area contributed by atoms with Crippen LogP contribution in [0.2, 0.25) is 0 Å². The van der Waals surface area contributed by atoms with Crippen LogP contribution in [0.5, 0.6) is 5.75 Å². The van der Waals surface area contributed by atoms with Crippen molar-refractivity contribution in [2.24, 2.45) is 5.73 Å². The number of ether oxygens (including phenoxy) is 1. The summed E-state index contributed by atoms with van der Waals surface area (Å²) in [5.74, 6) is 0.839. The van der Waals surface area contributed by atoms with Crippen LogP contribution in [0.3, 0.4) is 0 Å². The first-order chi connectivity index (χ1) is 9.20. The Bertz CT molecular complexity index is 379. The van der Waals surface area contributed by atoms with Crippen LogP contribution in [0.15, 0.2) is 18.3 Å². The van der Waals surface area contributed by atoms with Gasteiger partial charge >= 0.3 is 0 Å². The molecule has 2 heterocycles. The third-order valence-corrected chi connectivity index (χ3v) is 3.94. The topological polar surface area (TPSA) is 51.4 Å². The minimum Gasteiger partial charge on any atom is -0.490 e. The Hall–Kier alpha value is -1.13. The number of hydrogen-bond acceptors (Lipinski definition) is 4. The van der Waals surface area contributed by atoms with E-state index in [4.69, 9.17) is 10.5 Å². The lowest BCUT2D eigenvalue weighted by atomic mass is 10.0. The first kappa shape index (κ1) is 14.3. The van der Waals surface area contributed by atoms with E-state index in [-0.39, 0.29) is 6.04 Å². The molecule has 1 aromatic rings. The summed E-state index contributed by atoms with van der Waals surface area (Å²) in [4.78, 5) is 6.76. The van der Waals surface area contributed by atoms with Crippen molar-refractivity contribution in [3.8, 4) is 5.75 Å². The maximum absolute atomic E-state index is 5.94. The lowest BCUT2D eigenvalue weighted by molar-refractivity contribution is 0.125. The lowest BCUT2D eigenvalue weighted by Crippen LogP contribution is -2.40. The molecule has 1 fully saturated rings. The summed E-state index contributed by atoms with van der Waals surface area (Å²) in [6, 6.07) is 4.50. The largest absolute Gasteiger partial charge is 0.490 e. The van der Waals surface area contributed by atoms with Crippen LogP contribution in [0, 0.1) is 0 Å². The maximum atomic E-state index is 5.94. The van der Waals surface area contributed by atoms with E-state index in [1.807, 2.05) is 12.1 Å². The number of pyridine rings is 1. The number of rotatable bonds is 5. The summed E-state index contributed by atoms with van der Waals surface area (Å²) in [6.45, 7) is 3.99. The molecule has 1 aliphatic heterocycles. The summed E-state index contributed by atoms with van der Waals surface area (Å²) >= 11 is 0. The van der Waals surface area contributed by atoms with Crippen LogP contribution >= 0.6 is 0 Å². The van der Waals surface area contributed by atoms with E-state index in [1.54, 1.807) is 6.20 Å². The van der Waals surface area contributed by atoms with Gasteiger partial charge in [0.25, 0.3) is 0 Å². The Morgan fingerprint density at radius 3 is 2.95 bits per heavy atom. The van der Waals surface area contributed by atoms with Crippen molar-refractivity contribution in [1.82, 2.24) is 9.88 Å². The van der Waals surface area contributed by atoms with Gasteiger partial charge in [0.05, 0.1) is 11.9 Å². The second-order valence-corrected chi connectivity index (χ2v) is 5.37. The highest BCUT2D eigenvalue weighted by molar-refractivity contribution is 5.21. The highest BCUT2D eigenvalue weighted by Gasteiger charge is 2.19. The van der Waals surface area contributed by atoms with Crippen LogP contribution in [0.4, 0.5) is 0 Å². The average molecular weight is 263 g/mol. The molecule has 0 radical (unpaired) electrons. The zero-order valence-corrected chi connectivity index (χ0v) is 12.0. The molecule has 1 aromatic heterocycles. The standard InChI is InChI=1S/C15H25N3O/c1-3-14(16)15-8-7-13(10-17-15)19-11-12-6-4-5-9-18(12)2/h7-8,10,12,14H,3-6,9,11,16H2,1-2H3. The molecule has 2 unspecified atom stereocenters. The van der Waals surface area contributed by atoms with E-state index in [0.717, 1.165) is 24.5 Å². The van der Waals surface area contributed by atoms with E-state index >= 15 is 0 Å². The number of piperidine rings is 1. The maximum Gasteiger partial charge on any atom is 0.137 e. The smallest absolute Gasteiger partial charge is 0.137 e. The van der Waals surface area contributed by atoms with Crippen molar-refractivity contribution >= 4 is 0 Å². The first-order valence-electron chi connectivity index (χ1n) is 7.25. The monoisotopic (exact) mass is 263 g/mol. The minimum atomic E-state index is 0.0264. The Kier molecular flexibility index (Phi) is 5.16. The average Bonchev–Trinajstić information content (AvgIpc) is 2.46. The van der Waals surface area contributed by atoms with Gasteiger partial charge in [0, 0.05) is 12.1 Å². The molecule has 4 heteroatoms. The summed E-state index contributed by atoms with van der Waals surface area (Å²) in [5, 5.41) is 0. The molecular weight excluding hydrogens is 238 g/mol. The van der Waals surface area contributed by atoms with Crippen LogP contribution in [-0.2, 0) is 0 Å². The van der Waals surface area contributed by atoms with Gasteiger partial charge in [-0.1, -0.05) is 13.3 Å². The van der Waals surface area contributed by atoms with Gasteiger partial charge in [-0.2, -0.15) is 0 Å². The molecule has 0 aliphatic carbocycles. The zero-order valence-electron chi connectivity index (χ0n) is 12.0. The molecule has 0 saturated carbocycles. The fraction of sp³-hybridized carbons (Fsp3) is 0.667. The first-order valence-corrected chi connectivity index (χ1v) is 7.25. The molecular formula is C15H25N3O. The Balaban J connectivity index is 1.85. The van der Waals surface area contributed by atoms with Crippen molar-refractivity contribution in [3.05, 3.63) is 24.0 Å². The predicted octanol–water partition coefficient (Wildman–Crippen LogP) is 2.35. The van der Waals surface area contributed by atoms with Gasteiger partial charge in [0.1, 0.15) is 12.4 Å². The molecule has 0 aromatic carbocycles. The van der Waals surface area contributed by atoms with Gasteiger partial charge in [-0.05, 0) is 45.0 Å². The Morgan fingerprint density at radius 1 is 1.47 bits per heavy atom. The van der Waals surface area contributed by atoms with Crippen LogP contribution in [-0.4, -0.2) is 36.1 Å². The molecule has 106 valence electrons. The van der Waals surface area contributed by atoms with Crippen molar-refractivity contribution < 1.29 is 4.74 Å². The Morgan fingerprint density at radius 2 is 2.32 bits per heavy atom. The van der Waals surface area contributed by atoms with E-state index < -0.39 is 0 Å². The number of nitrogens with two attached hydrogens (primary N) is 1. The van der Waals surface area contributed by atoms with Gasteiger partial charge in [-0.3, -0.25) is 4.98 Å². The number of aromatic nitrogens is 1. The molecule has 1 saturated heterocycles. The summed E-state index contributed by atoms with van der Waals surface area (Å²) in [6.07, 6.45) is 6.52. The van der Waals surface area contributed by atoms with Crippen LogP contribution < -0.4 is 10.5 Å². The molecule has 2 rings (SSSR count). The van der Waals surface area contributed by atoms with Crippen molar-refractivity contribution in [3.63, 3.8) is 0 Å².